The Morgan fingerprint density at radius 3 is 3.12 bits per heavy atom. The van der Waals surface area contributed by atoms with Crippen LogP contribution in [0.1, 0.15) is 12.8 Å². The lowest BCUT2D eigenvalue weighted by molar-refractivity contribution is -0.122. The van der Waals surface area contributed by atoms with Gasteiger partial charge in [0.25, 0.3) is 0 Å². The van der Waals surface area contributed by atoms with Crippen LogP contribution in [0.25, 0.3) is 0 Å². The van der Waals surface area contributed by atoms with Crippen LogP contribution in [0.3, 0.4) is 0 Å². The topological polar surface area (TPSA) is 66.9 Å². The molecule has 1 aromatic heterocycles. The van der Waals surface area contributed by atoms with Gasteiger partial charge < -0.3 is 10.6 Å². The van der Waals surface area contributed by atoms with Gasteiger partial charge in [0.15, 0.2) is 11.6 Å². The highest BCUT2D eigenvalue weighted by molar-refractivity contribution is 6.28. The number of hydrogen-bond donors (Lipinski definition) is 2. The molecular formula is C9H10ClFN4O. The van der Waals surface area contributed by atoms with E-state index < -0.39 is 5.82 Å². The molecule has 0 spiro atoms. The molecule has 1 atom stereocenters. The Balaban J connectivity index is 2.03. The monoisotopic (exact) mass is 244 g/mol. The molecule has 1 saturated heterocycles. The molecule has 1 unspecified atom stereocenters. The number of nitrogens with zero attached hydrogens (tertiary/aromatic N) is 2. The highest BCUT2D eigenvalue weighted by Gasteiger charge is 2.19. The molecule has 0 radical (unpaired) electrons. The van der Waals surface area contributed by atoms with E-state index in [2.05, 4.69) is 20.6 Å². The third-order valence-corrected chi connectivity index (χ3v) is 2.50. The van der Waals surface area contributed by atoms with Gasteiger partial charge in [0.05, 0.1) is 6.20 Å². The maximum atomic E-state index is 13.3. The number of anilines is 1. The standard InChI is InChI=1S/C9H10ClFN4O/c10-9-13-4-6(11)8(15-9)14-5-1-2-7(16)12-3-5/h4-5H,1-3H2,(H,12,16)(H,13,14,15). The minimum absolute atomic E-state index is 0.0104. The Hall–Kier alpha value is -1.43. The molecule has 0 aliphatic carbocycles. The summed E-state index contributed by atoms with van der Waals surface area (Å²) < 4.78 is 13.3. The van der Waals surface area contributed by atoms with Crippen molar-refractivity contribution in [3.05, 3.63) is 17.3 Å². The summed E-state index contributed by atoms with van der Waals surface area (Å²) in [4.78, 5) is 18.2. The van der Waals surface area contributed by atoms with E-state index in [0.29, 0.717) is 19.4 Å². The van der Waals surface area contributed by atoms with E-state index in [1.807, 2.05) is 0 Å². The normalized spacial score (nSPS) is 20.4. The molecule has 1 aliphatic rings. The third kappa shape index (κ3) is 2.57. The highest BCUT2D eigenvalue weighted by atomic mass is 35.5. The van der Waals surface area contributed by atoms with E-state index in [1.165, 1.54) is 0 Å². The van der Waals surface area contributed by atoms with E-state index in [1.54, 1.807) is 0 Å². The minimum Gasteiger partial charge on any atom is -0.363 e. The first-order valence-electron chi connectivity index (χ1n) is 4.86. The molecule has 1 aromatic rings. The molecule has 1 amide bonds. The van der Waals surface area contributed by atoms with Crippen LogP contribution < -0.4 is 10.6 Å². The van der Waals surface area contributed by atoms with E-state index in [0.717, 1.165) is 6.20 Å². The van der Waals surface area contributed by atoms with Gasteiger partial charge in [0, 0.05) is 19.0 Å². The molecule has 1 aliphatic heterocycles. The number of amides is 1. The zero-order valence-electron chi connectivity index (χ0n) is 8.33. The van der Waals surface area contributed by atoms with Crippen LogP contribution in [-0.2, 0) is 4.79 Å². The summed E-state index contributed by atoms with van der Waals surface area (Å²) in [6.45, 7) is 0.458. The van der Waals surface area contributed by atoms with E-state index in [-0.39, 0.29) is 23.1 Å². The number of halogens is 2. The quantitative estimate of drug-likeness (QED) is 0.761. The van der Waals surface area contributed by atoms with Crippen LogP contribution in [0.4, 0.5) is 10.2 Å². The summed E-state index contributed by atoms with van der Waals surface area (Å²) in [5.41, 5.74) is 0. The molecule has 86 valence electrons. The van der Waals surface area contributed by atoms with Gasteiger partial charge in [-0.05, 0) is 18.0 Å². The maximum absolute atomic E-state index is 13.3. The number of carbonyl (C=O) groups excluding carboxylic acids is 1. The number of rotatable bonds is 2. The van der Waals surface area contributed by atoms with Gasteiger partial charge in [0.1, 0.15) is 0 Å². The van der Waals surface area contributed by atoms with Crippen molar-refractivity contribution in [1.29, 1.82) is 0 Å². The average molecular weight is 245 g/mol. The van der Waals surface area contributed by atoms with Crippen LogP contribution >= 0.6 is 11.6 Å². The Labute approximate surface area is 96.4 Å². The molecule has 1 fully saturated rings. The van der Waals surface area contributed by atoms with Crippen molar-refractivity contribution in [1.82, 2.24) is 15.3 Å². The Morgan fingerprint density at radius 1 is 1.62 bits per heavy atom. The summed E-state index contributed by atoms with van der Waals surface area (Å²) in [5, 5.41) is 5.56. The van der Waals surface area contributed by atoms with Crippen molar-refractivity contribution in [2.45, 2.75) is 18.9 Å². The lowest BCUT2D eigenvalue weighted by Crippen LogP contribution is -2.42. The number of carbonyl (C=O) groups is 1. The van der Waals surface area contributed by atoms with Crippen molar-refractivity contribution in [2.75, 3.05) is 11.9 Å². The molecule has 2 rings (SSSR count). The predicted molar refractivity (Wildman–Crippen MR) is 56.7 cm³/mol. The molecule has 16 heavy (non-hydrogen) atoms. The maximum Gasteiger partial charge on any atom is 0.224 e. The highest BCUT2D eigenvalue weighted by Crippen LogP contribution is 2.15. The summed E-state index contributed by atoms with van der Waals surface area (Å²) in [5.74, 6) is -0.471. The van der Waals surface area contributed by atoms with Crippen LogP contribution in [-0.4, -0.2) is 28.5 Å². The second-order valence-corrected chi connectivity index (χ2v) is 3.86. The summed E-state index contributed by atoms with van der Waals surface area (Å²) in [6, 6.07) is -0.0295. The fourth-order valence-corrected chi connectivity index (χ4v) is 1.63. The molecule has 7 heteroatoms. The predicted octanol–water partition coefficient (Wildman–Crippen LogP) is 0.960. The van der Waals surface area contributed by atoms with Crippen LogP contribution in [0, 0.1) is 5.82 Å². The van der Waals surface area contributed by atoms with Crippen molar-refractivity contribution >= 4 is 23.3 Å². The lowest BCUT2D eigenvalue weighted by Gasteiger charge is -2.23. The Kier molecular flexibility index (Phi) is 3.19. The van der Waals surface area contributed by atoms with Gasteiger partial charge in [-0.1, -0.05) is 0 Å². The molecule has 0 saturated carbocycles. The first-order valence-corrected chi connectivity index (χ1v) is 5.24. The second kappa shape index (κ2) is 4.61. The minimum atomic E-state index is -0.554. The van der Waals surface area contributed by atoms with Gasteiger partial charge in [0.2, 0.25) is 11.2 Å². The number of hydrogen-bond acceptors (Lipinski definition) is 4. The average Bonchev–Trinajstić information content (AvgIpc) is 2.27. The Bertz CT molecular complexity index is 404. The fraction of sp³-hybridized carbons (Fsp3) is 0.444. The molecule has 0 bridgehead atoms. The summed E-state index contributed by atoms with van der Waals surface area (Å²) >= 11 is 5.56. The largest absolute Gasteiger partial charge is 0.363 e. The van der Waals surface area contributed by atoms with E-state index in [9.17, 15) is 9.18 Å². The molecular weight excluding hydrogens is 235 g/mol. The first-order chi connectivity index (χ1) is 7.65. The molecule has 5 nitrogen and oxygen atoms in total. The van der Waals surface area contributed by atoms with E-state index >= 15 is 0 Å². The van der Waals surface area contributed by atoms with Gasteiger partial charge in [-0.3, -0.25) is 4.79 Å². The van der Waals surface area contributed by atoms with Crippen molar-refractivity contribution in [3.8, 4) is 0 Å². The fourth-order valence-electron chi connectivity index (χ4n) is 1.50. The van der Waals surface area contributed by atoms with Crippen LogP contribution in [0.2, 0.25) is 5.28 Å². The van der Waals surface area contributed by atoms with Gasteiger partial charge >= 0.3 is 0 Å². The summed E-state index contributed by atoms with van der Waals surface area (Å²) in [7, 11) is 0. The number of piperidine rings is 1. The first kappa shape index (κ1) is 11.1. The van der Waals surface area contributed by atoms with Gasteiger partial charge in [-0.2, -0.15) is 4.98 Å². The SMILES string of the molecule is O=C1CCC(Nc2nc(Cl)ncc2F)CN1. The van der Waals surface area contributed by atoms with Crippen LogP contribution in [0.15, 0.2) is 6.20 Å². The Morgan fingerprint density at radius 2 is 2.44 bits per heavy atom. The number of aromatic nitrogens is 2. The second-order valence-electron chi connectivity index (χ2n) is 3.52. The van der Waals surface area contributed by atoms with Crippen LogP contribution in [0.5, 0.6) is 0 Å². The third-order valence-electron chi connectivity index (χ3n) is 2.32. The zero-order chi connectivity index (χ0) is 11.5. The van der Waals surface area contributed by atoms with Gasteiger partial charge in [-0.25, -0.2) is 9.37 Å². The van der Waals surface area contributed by atoms with Gasteiger partial charge in [-0.15, -0.1) is 0 Å². The van der Waals surface area contributed by atoms with Crippen molar-refractivity contribution in [3.63, 3.8) is 0 Å². The van der Waals surface area contributed by atoms with Crippen molar-refractivity contribution < 1.29 is 9.18 Å². The van der Waals surface area contributed by atoms with E-state index in [4.69, 9.17) is 11.6 Å². The van der Waals surface area contributed by atoms with Crippen molar-refractivity contribution in [2.24, 2.45) is 0 Å². The molecule has 2 N–H and O–H groups in total. The summed E-state index contributed by atoms with van der Waals surface area (Å²) in [6.07, 6.45) is 2.09. The lowest BCUT2D eigenvalue weighted by atomic mass is 10.1. The molecule has 2 heterocycles. The number of nitrogens with one attached hydrogen (secondary N) is 2. The smallest absolute Gasteiger partial charge is 0.224 e. The zero-order valence-corrected chi connectivity index (χ0v) is 9.09. The molecule has 0 aromatic carbocycles.